The van der Waals surface area contributed by atoms with E-state index in [1.165, 1.54) is 0 Å². The number of anilines is 2. The predicted octanol–water partition coefficient (Wildman–Crippen LogP) is 1.74. The minimum atomic E-state index is 0.225. The van der Waals surface area contributed by atoms with E-state index < -0.39 is 0 Å². The number of benzene rings is 1. The number of hydrogen-bond acceptors (Lipinski definition) is 6. The summed E-state index contributed by atoms with van der Waals surface area (Å²) in [5, 5.41) is 7.50. The first-order valence-electron chi connectivity index (χ1n) is 7.48. The average Bonchev–Trinajstić information content (AvgIpc) is 3.24. The van der Waals surface area contributed by atoms with Gasteiger partial charge in [-0.25, -0.2) is 9.67 Å². The molecule has 4 aromatic rings. The molecule has 4 rings (SSSR count). The van der Waals surface area contributed by atoms with Gasteiger partial charge in [-0.15, -0.1) is 0 Å². The van der Waals surface area contributed by atoms with E-state index in [0.29, 0.717) is 23.5 Å². The largest absolute Gasteiger partial charge is 0.368 e. The zero-order valence-corrected chi connectivity index (χ0v) is 13.1. The summed E-state index contributed by atoms with van der Waals surface area (Å²) in [6, 6.07) is 10.0. The predicted molar refractivity (Wildman–Crippen MR) is 91.6 cm³/mol. The summed E-state index contributed by atoms with van der Waals surface area (Å²) >= 11 is 0. The molecule has 3 aromatic heterocycles. The minimum absolute atomic E-state index is 0.225. The highest BCUT2D eigenvalue weighted by atomic mass is 15.3. The molecule has 8 nitrogen and oxygen atoms in total. The third-order valence-corrected chi connectivity index (χ3v) is 3.74. The van der Waals surface area contributed by atoms with E-state index in [2.05, 4.69) is 25.4 Å². The van der Waals surface area contributed by atoms with Crippen molar-refractivity contribution in [2.45, 2.75) is 6.54 Å². The van der Waals surface area contributed by atoms with Gasteiger partial charge in [-0.1, -0.05) is 12.1 Å². The van der Waals surface area contributed by atoms with Crippen molar-refractivity contribution in [2.24, 2.45) is 7.05 Å². The molecule has 0 unspecified atom stereocenters. The maximum Gasteiger partial charge on any atom is 0.224 e. The lowest BCUT2D eigenvalue weighted by Crippen LogP contribution is -2.06. The van der Waals surface area contributed by atoms with Gasteiger partial charge in [0.2, 0.25) is 5.95 Å². The van der Waals surface area contributed by atoms with Crippen LogP contribution in [0, 0.1) is 0 Å². The summed E-state index contributed by atoms with van der Waals surface area (Å²) in [5.41, 5.74) is 9.33. The molecule has 0 spiro atoms. The summed E-state index contributed by atoms with van der Waals surface area (Å²) in [6.45, 7) is 0.613. The van der Waals surface area contributed by atoms with E-state index in [1.54, 1.807) is 12.5 Å². The van der Waals surface area contributed by atoms with Gasteiger partial charge >= 0.3 is 0 Å². The van der Waals surface area contributed by atoms with Crippen LogP contribution in [0.1, 0.15) is 5.56 Å². The topological polar surface area (TPSA) is 99.5 Å². The van der Waals surface area contributed by atoms with Crippen molar-refractivity contribution in [2.75, 3.05) is 11.1 Å². The van der Waals surface area contributed by atoms with Crippen molar-refractivity contribution in [3.05, 3.63) is 54.6 Å². The number of nitrogens with one attached hydrogen (secondary N) is 1. The number of imidazole rings is 1. The molecule has 0 radical (unpaired) electrons. The zero-order valence-electron chi connectivity index (χ0n) is 13.1. The zero-order chi connectivity index (χ0) is 16.5. The van der Waals surface area contributed by atoms with Crippen LogP contribution in [0.15, 0.2) is 49.1 Å². The molecule has 24 heavy (non-hydrogen) atoms. The minimum Gasteiger partial charge on any atom is -0.368 e. The van der Waals surface area contributed by atoms with Crippen LogP contribution in [0.4, 0.5) is 11.8 Å². The van der Waals surface area contributed by atoms with Crippen LogP contribution < -0.4 is 11.1 Å². The Labute approximate surface area is 138 Å². The normalized spacial score (nSPS) is 11.0. The standard InChI is InChI=1S/C16H16N8/c1-23-10-19-13-14(21-16(17)22-15(13)23)18-9-11-3-5-12(6-4-11)24-8-2-7-20-24/h2-8,10H,9H2,1H3,(H3,17,18,21,22). The molecule has 3 heterocycles. The Kier molecular flexibility index (Phi) is 3.34. The van der Waals surface area contributed by atoms with Gasteiger partial charge in [0.1, 0.15) is 0 Å². The van der Waals surface area contributed by atoms with Crippen molar-refractivity contribution < 1.29 is 0 Å². The number of aryl methyl sites for hydroxylation is 1. The van der Waals surface area contributed by atoms with E-state index in [-0.39, 0.29) is 5.95 Å². The molecule has 0 aliphatic rings. The molecule has 0 atom stereocenters. The summed E-state index contributed by atoms with van der Waals surface area (Å²) in [6.07, 6.45) is 5.37. The Morgan fingerprint density at radius 1 is 1.17 bits per heavy atom. The quantitative estimate of drug-likeness (QED) is 0.594. The average molecular weight is 320 g/mol. The number of nitrogens with zero attached hydrogens (tertiary/aromatic N) is 6. The van der Waals surface area contributed by atoms with Crippen LogP contribution >= 0.6 is 0 Å². The number of rotatable bonds is 4. The molecule has 3 N–H and O–H groups in total. The lowest BCUT2D eigenvalue weighted by molar-refractivity contribution is 0.879. The monoisotopic (exact) mass is 320 g/mol. The molecule has 0 saturated heterocycles. The van der Waals surface area contributed by atoms with Gasteiger partial charge in [-0.3, -0.25) is 0 Å². The van der Waals surface area contributed by atoms with Gasteiger partial charge in [0.15, 0.2) is 17.0 Å². The Hall–Kier alpha value is -3.42. The van der Waals surface area contributed by atoms with E-state index in [9.17, 15) is 0 Å². The second kappa shape index (κ2) is 5.65. The van der Waals surface area contributed by atoms with Crippen molar-refractivity contribution >= 4 is 22.9 Å². The van der Waals surface area contributed by atoms with Gasteiger partial charge in [0, 0.05) is 26.0 Å². The summed E-state index contributed by atoms with van der Waals surface area (Å²) < 4.78 is 3.64. The number of nitrogens with two attached hydrogens (primary N) is 1. The maximum absolute atomic E-state index is 5.78. The fourth-order valence-corrected chi connectivity index (χ4v) is 2.52. The molecular formula is C16H16N8. The molecule has 0 fully saturated rings. The first-order chi connectivity index (χ1) is 11.7. The molecule has 0 aliphatic carbocycles. The lowest BCUT2D eigenvalue weighted by Gasteiger charge is -2.08. The third-order valence-electron chi connectivity index (χ3n) is 3.74. The Bertz CT molecular complexity index is 969. The van der Waals surface area contributed by atoms with Gasteiger partial charge < -0.3 is 15.6 Å². The highest BCUT2D eigenvalue weighted by Gasteiger charge is 2.10. The molecular weight excluding hydrogens is 304 g/mol. The van der Waals surface area contributed by atoms with Crippen LogP contribution in [-0.4, -0.2) is 29.3 Å². The SMILES string of the molecule is Cn1cnc2c(NCc3ccc(-n4cccn4)cc3)nc(N)nc21. The molecule has 8 heteroatoms. The van der Waals surface area contributed by atoms with Gasteiger partial charge in [0.05, 0.1) is 12.0 Å². The fourth-order valence-electron chi connectivity index (χ4n) is 2.52. The van der Waals surface area contributed by atoms with Crippen LogP contribution in [0.2, 0.25) is 0 Å². The van der Waals surface area contributed by atoms with Crippen molar-refractivity contribution in [3.8, 4) is 5.69 Å². The summed E-state index contributed by atoms with van der Waals surface area (Å²) in [7, 11) is 1.87. The number of nitrogen functional groups attached to an aromatic ring is 1. The first-order valence-corrected chi connectivity index (χ1v) is 7.48. The Balaban J connectivity index is 1.55. The van der Waals surface area contributed by atoms with E-state index >= 15 is 0 Å². The third kappa shape index (κ3) is 2.54. The van der Waals surface area contributed by atoms with Crippen molar-refractivity contribution in [1.82, 2.24) is 29.3 Å². The molecule has 1 aromatic carbocycles. The summed E-state index contributed by atoms with van der Waals surface area (Å²) in [4.78, 5) is 12.8. The van der Waals surface area contributed by atoms with E-state index in [1.807, 2.05) is 52.8 Å². The fraction of sp³-hybridized carbons (Fsp3) is 0.125. The highest BCUT2D eigenvalue weighted by Crippen LogP contribution is 2.20. The Morgan fingerprint density at radius 3 is 2.75 bits per heavy atom. The van der Waals surface area contributed by atoms with Crippen molar-refractivity contribution in [3.63, 3.8) is 0 Å². The molecule has 0 amide bonds. The number of aromatic nitrogens is 6. The molecule has 0 bridgehead atoms. The van der Waals surface area contributed by atoms with Gasteiger partial charge in [-0.2, -0.15) is 15.1 Å². The van der Waals surface area contributed by atoms with Crippen LogP contribution in [0.3, 0.4) is 0 Å². The second-order valence-corrected chi connectivity index (χ2v) is 5.43. The van der Waals surface area contributed by atoms with Gasteiger partial charge in [-0.05, 0) is 23.8 Å². The molecule has 0 aliphatic heterocycles. The maximum atomic E-state index is 5.78. The van der Waals surface area contributed by atoms with Crippen LogP contribution in [0.5, 0.6) is 0 Å². The van der Waals surface area contributed by atoms with Crippen LogP contribution in [0.25, 0.3) is 16.9 Å². The molecule has 120 valence electrons. The van der Waals surface area contributed by atoms with E-state index in [0.717, 1.165) is 11.3 Å². The van der Waals surface area contributed by atoms with Crippen molar-refractivity contribution in [1.29, 1.82) is 0 Å². The number of hydrogen-bond donors (Lipinski definition) is 2. The highest BCUT2D eigenvalue weighted by molar-refractivity contribution is 5.84. The first kappa shape index (κ1) is 14.2. The summed E-state index contributed by atoms with van der Waals surface area (Å²) in [5.74, 6) is 0.858. The van der Waals surface area contributed by atoms with Crippen LogP contribution in [-0.2, 0) is 13.6 Å². The number of fused-ring (bicyclic) bond motifs is 1. The second-order valence-electron chi connectivity index (χ2n) is 5.43. The molecule has 0 saturated carbocycles. The van der Waals surface area contributed by atoms with E-state index in [4.69, 9.17) is 5.73 Å². The Morgan fingerprint density at radius 2 is 2.00 bits per heavy atom. The van der Waals surface area contributed by atoms with Gasteiger partial charge in [0.25, 0.3) is 0 Å². The lowest BCUT2D eigenvalue weighted by atomic mass is 10.2. The smallest absolute Gasteiger partial charge is 0.224 e.